The van der Waals surface area contributed by atoms with Gasteiger partial charge in [-0.3, -0.25) is 0 Å². The molecule has 102 valence electrons. The number of hydrogen-bond donors (Lipinski definition) is 1. The second-order valence-electron chi connectivity index (χ2n) is 4.66. The highest BCUT2D eigenvalue weighted by Crippen LogP contribution is 2.14. The highest BCUT2D eigenvalue weighted by molar-refractivity contribution is 6.21. The smallest absolute Gasteiger partial charge is 0.226 e. The fourth-order valence-corrected chi connectivity index (χ4v) is 1.40. The second-order valence-corrected chi connectivity index (χ2v) is 5.22. The van der Waals surface area contributed by atoms with Gasteiger partial charge in [-0.15, -0.1) is 11.6 Å². The van der Waals surface area contributed by atoms with Crippen LogP contribution in [-0.4, -0.2) is 28.5 Å². The lowest BCUT2D eigenvalue weighted by Gasteiger charge is -2.14. The van der Waals surface area contributed by atoms with Crippen molar-refractivity contribution >= 4 is 17.5 Å². The van der Waals surface area contributed by atoms with E-state index in [2.05, 4.69) is 36.1 Å². The first-order valence-corrected chi connectivity index (χ1v) is 6.83. The van der Waals surface area contributed by atoms with Crippen LogP contribution in [0.4, 0.5) is 5.95 Å². The minimum atomic E-state index is 0.0640. The Balaban J connectivity index is 2.62. The van der Waals surface area contributed by atoms with Crippen LogP contribution in [0.1, 0.15) is 32.9 Å². The molecule has 0 saturated carbocycles. The fraction of sp³-hybridized carbons (Fsp3) is 0.692. The molecule has 4 nitrogen and oxygen atoms in total. The molecular weight excluding hydrogens is 250 g/mol. The SMILES string of the molecule is CCCOc1cc(C)nc(NCC(Cl)C(C)C)n1. The Labute approximate surface area is 114 Å². The van der Waals surface area contributed by atoms with Gasteiger partial charge in [-0.2, -0.15) is 4.98 Å². The summed E-state index contributed by atoms with van der Waals surface area (Å²) in [6, 6.07) is 1.83. The molecule has 0 saturated heterocycles. The monoisotopic (exact) mass is 271 g/mol. The van der Waals surface area contributed by atoms with Crippen LogP contribution >= 0.6 is 11.6 Å². The van der Waals surface area contributed by atoms with Crippen molar-refractivity contribution in [1.29, 1.82) is 0 Å². The van der Waals surface area contributed by atoms with E-state index in [1.54, 1.807) is 0 Å². The van der Waals surface area contributed by atoms with Crippen LogP contribution in [-0.2, 0) is 0 Å². The van der Waals surface area contributed by atoms with Crippen molar-refractivity contribution in [2.75, 3.05) is 18.5 Å². The van der Waals surface area contributed by atoms with E-state index in [0.29, 0.717) is 30.9 Å². The quantitative estimate of drug-likeness (QED) is 0.774. The van der Waals surface area contributed by atoms with E-state index in [-0.39, 0.29) is 5.38 Å². The Morgan fingerprint density at radius 1 is 1.39 bits per heavy atom. The van der Waals surface area contributed by atoms with Gasteiger partial charge in [-0.05, 0) is 19.3 Å². The number of halogens is 1. The molecule has 0 spiro atoms. The van der Waals surface area contributed by atoms with Crippen molar-refractivity contribution in [2.24, 2.45) is 5.92 Å². The summed E-state index contributed by atoms with van der Waals surface area (Å²) in [4.78, 5) is 8.61. The number of nitrogens with one attached hydrogen (secondary N) is 1. The molecule has 1 unspecified atom stereocenters. The van der Waals surface area contributed by atoms with Crippen LogP contribution in [0, 0.1) is 12.8 Å². The van der Waals surface area contributed by atoms with Gasteiger partial charge in [0.25, 0.3) is 0 Å². The molecule has 1 rings (SSSR count). The molecule has 0 aliphatic heterocycles. The summed E-state index contributed by atoms with van der Waals surface area (Å²) >= 11 is 6.18. The molecule has 0 aliphatic rings. The zero-order valence-corrected chi connectivity index (χ0v) is 12.3. The van der Waals surface area contributed by atoms with Gasteiger partial charge in [0.1, 0.15) is 0 Å². The van der Waals surface area contributed by atoms with Crippen molar-refractivity contribution < 1.29 is 4.74 Å². The molecule has 0 amide bonds. The Morgan fingerprint density at radius 3 is 2.72 bits per heavy atom. The molecule has 1 aromatic heterocycles. The van der Waals surface area contributed by atoms with E-state index in [1.807, 2.05) is 13.0 Å². The van der Waals surface area contributed by atoms with Gasteiger partial charge in [0.2, 0.25) is 11.8 Å². The van der Waals surface area contributed by atoms with Gasteiger partial charge < -0.3 is 10.1 Å². The van der Waals surface area contributed by atoms with Gasteiger partial charge in [0.15, 0.2) is 0 Å². The number of nitrogens with zero attached hydrogens (tertiary/aromatic N) is 2. The lowest BCUT2D eigenvalue weighted by molar-refractivity contribution is 0.305. The molecule has 5 heteroatoms. The van der Waals surface area contributed by atoms with Crippen LogP contribution in [0.2, 0.25) is 0 Å². The third-order valence-electron chi connectivity index (χ3n) is 2.46. The standard InChI is InChI=1S/C13H22ClN3O/c1-5-6-18-12-7-10(4)16-13(17-12)15-8-11(14)9(2)3/h7,9,11H,5-6,8H2,1-4H3,(H,15,16,17). The number of rotatable bonds is 7. The number of ether oxygens (including phenoxy) is 1. The van der Waals surface area contributed by atoms with Gasteiger partial charge in [-0.1, -0.05) is 20.8 Å². The predicted octanol–water partition coefficient (Wildman–Crippen LogP) is 3.25. The predicted molar refractivity (Wildman–Crippen MR) is 75.5 cm³/mol. The average Bonchev–Trinajstić information content (AvgIpc) is 2.32. The normalized spacial score (nSPS) is 12.6. The summed E-state index contributed by atoms with van der Waals surface area (Å²) < 4.78 is 5.51. The van der Waals surface area contributed by atoms with E-state index in [0.717, 1.165) is 12.1 Å². The number of hydrogen-bond acceptors (Lipinski definition) is 4. The third kappa shape index (κ3) is 5.08. The highest BCUT2D eigenvalue weighted by atomic mass is 35.5. The van der Waals surface area contributed by atoms with Crippen molar-refractivity contribution in [1.82, 2.24) is 9.97 Å². The maximum Gasteiger partial charge on any atom is 0.226 e. The second kappa shape index (κ2) is 7.41. The van der Waals surface area contributed by atoms with Crippen molar-refractivity contribution in [2.45, 2.75) is 39.5 Å². The lowest BCUT2D eigenvalue weighted by Crippen LogP contribution is -2.20. The van der Waals surface area contributed by atoms with Crippen LogP contribution in [0.5, 0.6) is 5.88 Å². The molecule has 0 aromatic carbocycles. The minimum Gasteiger partial charge on any atom is -0.478 e. The van der Waals surface area contributed by atoms with E-state index in [9.17, 15) is 0 Å². The first-order chi connectivity index (χ1) is 8.52. The molecule has 0 bridgehead atoms. The molecular formula is C13H22ClN3O. The van der Waals surface area contributed by atoms with Gasteiger partial charge in [0, 0.05) is 18.3 Å². The van der Waals surface area contributed by atoms with Gasteiger partial charge in [-0.25, -0.2) is 4.98 Å². The van der Waals surface area contributed by atoms with E-state index in [1.165, 1.54) is 0 Å². The van der Waals surface area contributed by atoms with Crippen molar-refractivity contribution in [3.8, 4) is 5.88 Å². The van der Waals surface area contributed by atoms with Gasteiger partial charge >= 0.3 is 0 Å². The number of anilines is 1. The summed E-state index contributed by atoms with van der Waals surface area (Å²) in [5.41, 5.74) is 0.884. The summed E-state index contributed by atoms with van der Waals surface area (Å²) in [7, 11) is 0. The minimum absolute atomic E-state index is 0.0640. The average molecular weight is 272 g/mol. The maximum absolute atomic E-state index is 6.18. The summed E-state index contributed by atoms with van der Waals surface area (Å²) in [5.74, 6) is 1.61. The molecule has 0 aliphatic carbocycles. The first kappa shape index (κ1) is 15.0. The van der Waals surface area contributed by atoms with E-state index in [4.69, 9.17) is 16.3 Å². The molecule has 18 heavy (non-hydrogen) atoms. The first-order valence-electron chi connectivity index (χ1n) is 6.39. The third-order valence-corrected chi connectivity index (χ3v) is 3.12. The molecule has 1 heterocycles. The summed E-state index contributed by atoms with van der Waals surface area (Å²) in [6.45, 7) is 9.48. The fourth-order valence-electron chi connectivity index (χ4n) is 1.32. The summed E-state index contributed by atoms with van der Waals surface area (Å²) in [6.07, 6.45) is 0.961. The molecule has 1 atom stereocenters. The maximum atomic E-state index is 6.18. The highest BCUT2D eigenvalue weighted by Gasteiger charge is 2.10. The number of aromatic nitrogens is 2. The topological polar surface area (TPSA) is 47.0 Å². The number of alkyl halides is 1. The Hall–Kier alpha value is -1.03. The molecule has 0 radical (unpaired) electrons. The Kier molecular flexibility index (Phi) is 6.19. The molecule has 1 aromatic rings. The van der Waals surface area contributed by atoms with Crippen molar-refractivity contribution in [3.63, 3.8) is 0 Å². The van der Waals surface area contributed by atoms with Crippen molar-refractivity contribution in [3.05, 3.63) is 11.8 Å². The number of aryl methyl sites for hydroxylation is 1. The van der Waals surface area contributed by atoms with Crippen LogP contribution in [0.25, 0.3) is 0 Å². The zero-order chi connectivity index (χ0) is 13.5. The summed E-state index contributed by atoms with van der Waals surface area (Å²) in [5, 5.41) is 3.21. The van der Waals surface area contributed by atoms with Crippen LogP contribution in [0.3, 0.4) is 0 Å². The zero-order valence-electron chi connectivity index (χ0n) is 11.5. The van der Waals surface area contributed by atoms with E-state index >= 15 is 0 Å². The molecule has 1 N–H and O–H groups in total. The van der Waals surface area contributed by atoms with Crippen LogP contribution < -0.4 is 10.1 Å². The Bertz CT molecular complexity index is 371. The lowest BCUT2D eigenvalue weighted by atomic mass is 10.1. The Morgan fingerprint density at radius 2 is 2.11 bits per heavy atom. The van der Waals surface area contributed by atoms with Gasteiger partial charge in [0.05, 0.1) is 12.0 Å². The molecule has 0 fully saturated rings. The van der Waals surface area contributed by atoms with E-state index < -0.39 is 0 Å². The largest absolute Gasteiger partial charge is 0.478 e. The van der Waals surface area contributed by atoms with Crippen LogP contribution in [0.15, 0.2) is 6.07 Å².